The summed E-state index contributed by atoms with van der Waals surface area (Å²) in [6.45, 7) is 2.41. The average Bonchev–Trinajstić information content (AvgIpc) is 3.01. The van der Waals surface area contributed by atoms with E-state index in [2.05, 4.69) is 15.5 Å². The van der Waals surface area contributed by atoms with E-state index in [-0.39, 0.29) is 5.91 Å². The minimum absolute atomic E-state index is 0.0672. The molecule has 3 aromatic rings. The lowest BCUT2D eigenvalue weighted by molar-refractivity contribution is 0.0952. The molecule has 0 aliphatic rings. The molecule has 0 fully saturated rings. The van der Waals surface area contributed by atoms with Gasteiger partial charge >= 0.3 is 0 Å². The van der Waals surface area contributed by atoms with Crippen molar-refractivity contribution in [1.82, 2.24) is 20.1 Å². The van der Waals surface area contributed by atoms with Gasteiger partial charge in [-0.3, -0.25) is 9.89 Å². The number of nitrogens with one attached hydrogen (secondary N) is 2. The number of aromatic amines is 1. The van der Waals surface area contributed by atoms with Crippen LogP contribution in [-0.4, -0.2) is 20.7 Å². The van der Waals surface area contributed by atoms with Gasteiger partial charge in [0, 0.05) is 41.9 Å². The second kappa shape index (κ2) is 4.85. The van der Waals surface area contributed by atoms with Crippen molar-refractivity contribution >= 4 is 16.8 Å². The molecular weight excluding hydrogens is 252 g/mol. The lowest BCUT2D eigenvalue weighted by Gasteiger charge is -2.03. The van der Waals surface area contributed by atoms with Crippen molar-refractivity contribution in [3.8, 4) is 0 Å². The van der Waals surface area contributed by atoms with Crippen LogP contribution in [-0.2, 0) is 13.6 Å². The average molecular weight is 268 g/mol. The monoisotopic (exact) mass is 268 g/mol. The fraction of sp³-hybridized carbons (Fsp3) is 0.200. The zero-order valence-electron chi connectivity index (χ0n) is 11.5. The van der Waals surface area contributed by atoms with Crippen molar-refractivity contribution < 1.29 is 4.79 Å². The third-order valence-electron chi connectivity index (χ3n) is 3.52. The Hall–Kier alpha value is -2.56. The van der Waals surface area contributed by atoms with Gasteiger partial charge in [0.15, 0.2) is 0 Å². The molecule has 5 heteroatoms. The van der Waals surface area contributed by atoms with Crippen molar-refractivity contribution in [3.05, 3.63) is 53.5 Å². The first-order chi connectivity index (χ1) is 9.66. The smallest absolute Gasteiger partial charge is 0.253 e. The second-order valence-electron chi connectivity index (χ2n) is 4.87. The van der Waals surface area contributed by atoms with Crippen LogP contribution in [0.25, 0.3) is 10.9 Å². The van der Waals surface area contributed by atoms with Gasteiger partial charge in [0.25, 0.3) is 5.91 Å². The van der Waals surface area contributed by atoms with Crippen molar-refractivity contribution in [3.63, 3.8) is 0 Å². The highest BCUT2D eigenvalue weighted by molar-refractivity contribution is 6.06. The molecule has 2 aromatic heterocycles. The number of para-hydroxylation sites is 1. The standard InChI is InChI=1S/C15H16N4O/c1-10-11(8-17-18-10)7-16-15(20)13-9-19(2)14-6-4-3-5-12(13)14/h3-6,8-9H,7H2,1-2H3,(H,16,20)(H,17,18). The predicted molar refractivity (Wildman–Crippen MR) is 77.4 cm³/mol. The Morgan fingerprint density at radius 1 is 1.40 bits per heavy atom. The highest BCUT2D eigenvalue weighted by Gasteiger charge is 2.13. The fourth-order valence-corrected chi connectivity index (χ4v) is 2.35. The van der Waals surface area contributed by atoms with Crippen molar-refractivity contribution in [2.75, 3.05) is 0 Å². The minimum Gasteiger partial charge on any atom is -0.350 e. The molecule has 0 aliphatic heterocycles. The van der Waals surface area contributed by atoms with E-state index in [1.807, 2.05) is 49.0 Å². The molecule has 0 saturated heterocycles. The number of aromatic nitrogens is 3. The Balaban J connectivity index is 1.84. The molecule has 3 rings (SSSR count). The van der Waals surface area contributed by atoms with E-state index in [4.69, 9.17) is 0 Å². The van der Waals surface area contributed by atoms with Gasteiger partial charge < -0.3 is 9.88 Å². The van der Waals surface area contributed by atoms with Crippen LogP contribution < -0.4 is 5.32 Å². The molecular formula is C15H16N4O. The Labute approximate surface area is 116 Å². The minimum atomic E-state index is -0.0672. The molecule has 0 atom stereocenters. The molecule has 5 nitrogen and oxygen atoms in total. The molecule has 2 N–H and O–H groups in total. The molecule has 1 aromatic carbocycles. The summed E-state index contributed by atoms with van der Waals surface area (Å²) in [5.41, 5.74) is 3.73. The number of H-pyrrole nitrogens is 1. The first kappa shape index (κ1) is 12.5. The van der Waals surface area contributed by atoms with Crippen LogP contribution in [0.4, 0.5) is 0 Å². The predicted octanol–water partition coefficient (Wildman–Crippen LogP) is 2.14. The summed E-state index contributed by atoms with van der Waals surface area (Å²) in [5, 5.41) is 10.7. The first-order valence-corrected chi connectivity index (χ1v) is 6.48. The normalized spacial score (nSPS) is 10.9. The van der Waals surface area contributed by atoms with Crippen molar-refractivity contribution in [2.24, 2.45) is 7.05 Å². The third-order valence-corrected chi connectivity index (χ3v) is 3.52. The van der Waals surface area contributed by atoms with E-state index in [1.54, 1.807) is 6.20 Å². The number of nitrogens with zero attached hydrogens (tertiary/aromatic N) is 2. The number of hydrogen-bond acceptors (Lipinski definition) is 2. The molecule has 1 amide bonds. The van der Waals surface area contributed by atoms with Crippen molar-refractivity contribution in [2.45, 2.75) is 13.5 Å². The maximum absolute atomic E-state index is 12.3. The zero-order chi connectivity index (χ0) is 14.1. The van der Waals surface area contributed by atoms with E-state index >= 15 is 0 Å². The third kappa shape index (κ3) is 2.07. The van der Waals surface area contributed by atoms with E-state index in [9.17, 15) is 4.79 Å². The van der Waals surface area contributed by atoms with Gasteiger partial charge in [-0.05, 0) is 13.0 Å². The molecule has 0 unspecified atom stereocenters. The highest BCUT2D eigenvalue weighted by Crippen LogP contribution is 2.20. The topological polar surface area (TPSA) is 62.7 Å². The number of carbonyl (C=O) groups excluding carboxylic acids is 1. The summed E-state index contributed by atoms with van der Waals surface area (Å²) in [7, 11) is 1.94. The summed E-state index contributed by atoms with van der Waals surface area (Å²) >= 11 is 0. The number of hydrogen-bond donors (Lipinski definition) is 2. The number of fused-ring (bicyclic) bond motifs is 1. The quantitative estimate of drug-likeness (QED) is 0.764. The maximum atomic E-state index is 12.3. The fourth-order valence-electron chi connectivity index (χ4n) is 2.35. The Bertz CT molecular complexity index is 769. The van der Waals surface area contributed by atoms with E-state index < -0.39 is 0 Å². The lowest BCUT2D eigenvalue weighted by atomic mass is 10.1. The largest absolute Gasteiger partial charge is 0.350 e. The molecule has 20 heavy (non-hydrogen) atoms. The second-order valence-corrected chi connectivity index (χ2v) is 4.87. The van der Waals surface area contributed by atoms with Gasteiger partial charge in [0.05, 0.1) is 11.8 Å². The number of amides is 1. The van der Waals surface area contributed by atoms with Gasteiger partial charge in [-0.15, -0.1) is 0 Å². The van der Waals surface area contributed by atoms with Gasteiger partial charge in [0.2, 0.25) is 0 Å². The van der Waals surface area contributed by atoms with Crippen LogP contribution in [0.5, 0.6) is 0 Å². The number of carbonyl (C=O) groups is 1. The summed E-state index contributed by atoms with van der Waals surface area (Å²) in [6, 6.07) is 7.89. The van der Waals surface area contributed by atoms with Gasteiger partial charge in [0.1, 0.15) is 0 Å². The van der Waals surface area contributed by atoms with Gasteiger partial charge in [-0.1, -0.05) is 18.2 Å². The number of benzene rings is 1. The number of aryl methyl sites for hydroxylation is 2. The van der Waals surface area contributed by atoms with Crippen LogP contribution in [0.2, 0.25) is 0 Å². The zero-order valence-corrected chi connectivity index (χ0v) is 11.5. The molecule has 0 bridgehead atoms. The lowest BCUT2D eigenvalue weighted by Crippen LogP contribution is -2.22. The Morgan fingerprint density at radius 2 is 2.20 bits per heavy atom. The number of rotatable bonds is 3. The highest BCUT2D eigenvalue weighted by atomic mass is 16.1. The molecule has 102 valence electrons. The van der Waals surface area contributed by atoms with Crippen LogP contribution in [0.1, 0.15) is 21.6 Å². The van der Waals surface area contributed by atoms with E-state index in [0.29, 0.717) is 12.1 Å². The summed E-state index contributed by atoms with van der Waals surface area (Å²) < 4.78 is 1.97. The van der Waals surface area contributed by atoms with Crippen LogP contribution >= 0.6 is 0 Å². The maximum Gasteiger partial charge on any atom is 0.253 e. The van der Waals surface area contributed by atoms with E-state index in [1.165, 1.54) is 0 Å². The summed E-state index contributed by atoms with van der Waals surface area (Å²) in [4.78, 5) is 12.3. The SMILES string of the molecule is Cc1[nH]ncc1CNC(=O)c1cn(C)c2ccccc12. The van der Waals surface area contributed by atoms with Crippen LogP contribution in [0.3, 0.4) is 0 Å². The summed E-state index contributed by atoms with van der Waals surface area (Å²) in [5.74, 6) is -0.0672. The van der Waals surface area contributed by atoms with Gasteiger partial charge in [-0.2, -0.15) is 5.10 Å². The van der Waals surface area contributed by atoms with Crippen LogP contribution in [0.15, 0.2) is 36.7 Å². The van der Waals surface area contributed by atoms with Gasteiger partial charge in [-0.25, -0.2) is 0 Å². The van der Waals surface area contributed by atoms with Crippen molar-refractivity contribution in [1.29, 1.82) is 0 Å². The van der Waals surface area contributed by atoms with Crippen LogP contribution in [0, 0.1) is 6.92 Å². The summed E-state index contributed by atoms with van der Waals surface area (Å²) in [6.07, 6.45) is 3.60. The molecule has 0 radical (unpaired) electrons. The Kier molecular flexibility index (Phi) is 3.02. The molecule has 0 saturated carbocycles. The van der Waals surface area contributed by atoms with E-state index in [0.717, 1.165) is 22.2 Å². The molecule has 0 aliphatic carbocycles. The Morgan fingerprint density at radius 3 is 2.95 bits per heavy atom. The molecule has 2 heterocycles. The molecule has 0 spiro atoms. The first-order valence-electron chi connectivity index (χ1n) is 6.48.